The molecule has 1 fully saturated rings. The lowest BCUT2D eigenvalue weighted by Crippen LogP contribution is -2.66. The van der Waals surface area contributed by atoms with Crippen molar-refractivity contribution in [1.29, 1.82) is 0 Å². The van der Waals surface area contributed by atoms with Crippen molar-refractivity contribution in [2.24, 2.45) is 0 Å². The van der Waals surface area contributed by atoms with Gasteiger partial charge in [-0.05, 0) is 64.0 Å². The van der Waals surface area contributed by atoms with E-state index in [9.17, 15) is 19.5 Å². The molecule has 0 saturated heterocycles. The maximum Gasteiger partial charge on any atom is 0.329 e. The molecule has 0 unspecified atom stereocenters. The second-order valence-electron chi connectivity index (χ2n) is 10.0. The molecule has 2 aliphatic carbocycles. The molecule has 0 aliphatic heterocycles. The largest absolute Gasteiger partial charge is 0.493 e. The van der Waals surface area contributed by atoms with Crippen molar-refractivity contribution in [2.75, 3.05) is 40.1 Å². The number of methoxy groups -OCH3 is 1. The van der Waals surface area contributed by atoms with Crippen molar-refractivity contribution in [3.63, 3.8) is 0 Å². The lowest BCUT2D eigenvalue weighted by atomic mass is 9.74. The minimum atomic E-state index is -1.42. The molecular weight excluding hydrogens is 528 g/mol. The summed E-state index contributed by atoms with van der Waals surface area (Å²) < 4.78 is 22.9. The number of rotatable bonds is 15. The molecular formula is C31H40N2O8. The van der Waals surface area contributed by atoms with Crippen LogP contribution in [0.3, 0.4) is 0 Å². The van der Waals surface area contributed by atoms with Gasteiger partial charge < -0.3 is 34.3 Å². The second kappa shape index (κ2) is 14.2. The van der Waals surface area contributed by atoms with Crippen LogP contribution >= 0.6 is 0 Å². The molecule has 2 aliphatic rings. The molecule has 0 heterocycles. The molecule has 0 radical (unpaired) electrons. The number of carbonyl (C=O) groups is 3. The van der Waals surface area contributed by atoms with Crippen LogP contribution in [0.1, 0.15) is 68.1 Å². The quantitative estimate of drug-likeness (QED) is 0.180. The van der Waals surface area contributed by atoms with E-state index in [-0.39, 0.29) is 44.5 Å². The number of hydrogen-bond acceptors (Lipinski definition) is 7. The van der Waals surface area contributed by atoms with Crippen LogP contribution in [-0.4, -0.2) is 79.5 Å². The zero-order valence-corrected chi connectivity index (χ0v) is 24.7. The number of allylic oxidation sites excluding steroid dienone is 2. The third-order valence-corrected chi connectivity index (χ3v) is 7.34. The molecule has 1 aromatic carbocycles. The number of carboxylic acid groups (broad SMARTS) is 1. The number of aliphatic carboxylic acids is 1. The molecule has 41 heavy (non-hydrogen) atoms. The van der Waals surface area contributed by atoms with Gasteiger partial charge in [0.25, 0.3) is 0 Å². The molecule has 0 spiro atoms. The summed E-state index contributed by atoms with van der Waals surface area (Å²) in [4.78, 5) is 40.1. The molecule has 2 amide bonds. The Balaban J connectivity index is 1.96. The molecule has 222 valence electrons. The summed E-state index contributed by atoms with van der Waals surface area (Å²) in [6, 6.07) is 0.651. The van der Waals surface area contributed by atoms with Crippen molar-refractivity contribution >= 4 is 17.8 Å². The van der Waals surface area contributed by atoms with Crippen LogP contribution in [0.2, 0.25) is 0 Å². The number of carbonyl (C=O) groups excluding carboxylic acids is 2. The molecule has 0 aromatic heterocycles. The van der Waals surface area contributed by atoms with Crippen molar-refractivity contribution in [2.45, 2.75) is 65.1 Å². The second-order valence-corrected chi connectivity index (χ2v) is 10.0. The zero-order valence-electron chi connectivity index (χ0n) is 24.7. The number of Topliss-reactive ketones (excluding diaryl/α,β-unsaturated/α-hetero) is 1. The zero-order chi connectivity index (χ0) is 30.2. The minimum absolute atomic E-state index is 0.161. The van der Waals surface area contributed by atoms with Crippen LogP contribution in [0.5, 0.6) is 11.5 Å². The Morgan fingerprint density at radius 2 is 1.93 bits per heavy atom. The van der Waals surface area contributed by atoms with E-state index in [0.29, 0.717) is 41.4 Å². The van der Waals surface area contributed by atoms with E-state index >= 15 is 0 Å². The summed E-state index contributed by atoms with van der Waals surface area (Å²) in [5.74, 6) is -0.534. The van der Waals surface area contributed by atoms with Crippen LogP contribution < -0.4 is 14.8 Å². The van der Waals surface area contributed by atoms with Gasteiger partial charge in [0, 0.05) is 32.1 Å². The average Bonchev–Trinajstić information content (AvgIpc) is 2.92. The highest BCUT2D eigenvalue weighted by atomic mass is 16.5. The van der Waals surface area contributed by atoms with E-state index in [1.807, 2.05) is 39.8 Å². The topological polar surface area (TPSA) is 124 Å². The maximum atomic E-state index is 13.8. The first-order valence-electron chi connectivity index (χ1n) is 13.8. The summed E-state index contributed by atoms with van der Waals surface area (Å²) in [7, 11) is 1.52. The lowest BCUT2D eigenvalue weighted by Gasteiger charge is -2.45. The first-order chi connectivity index (χ1) is 19.6. The molecule has 1 aromatic rings. The maximum absolute atomic E-state index is 13.8. The molecule has 2 N–H and O–H groups in total. The lowest BCUT2D eigenvalue weighted by molar-refractivity contribution is -0.155. The summed E-state index contributed by atoms with van der Waals surface area (Å²) in [5, 5.41) is 12.7. The van der Waals surface area contributed by atoms with Gasteiger partial charge in [-0.3, -0.25) is 4.79 Å². The Labute approximate surface area is 241 Å². The Morgan fingerprint density at radius 3 is 2.49 bits per heavy atom. The van der Waals surface area contributed by atoms with Crippen molar-refractivity contribution < 1.29 is 38.4 Å². The SMILES string of the molecule is CCOc1cc([C@@H](C)N(CCOCC2=C=C=CC=C2)C(=O)NC2(C(=O)O)CC(OC)C2)c(C)c(OCC)c1C(C)=O. The number of nitrogens with zero attached hydrogens (tertiary/aromatic N) is 1. The van der Waals surface area contributed by atoms with Crippen LogP contribution in [0.25, 0.3) is 0 Å². The molecule has 3 rings (SSSR count). The number of benzene rings is 1. The van der Waals surface area contributed by atoms with E-state index in [4.69, 9.17) is 18.9 Å². The smallest absolute Gasteiger partial charge is 0.329 e. The highest BCUT2D eigenvalue weighted by Crippen LogP contribution is 2.40. The van der Waals surface area contributed by atoms with Gasteiger partial charge in [0.2, 0.25) is 0 Å². The van der Waals surface area contributed by atoms with Crippen LogP contribution in [0.15, 0.2) is 41.3 Å². The van der Waals surface area contributed by atoms with E-state index < -0.39 is 23.6 Å². The summed E-state index contributed by atoms with van der Waals surface area (Å²) in [5.41, 5.74) is 7.00. The fraction of sp³-hybridized carbons (Fsp3) is 0.516. The van der Waals surface area contributed by atoms with Crippen LogP contribution in [-0.2, 0) is 14.3 Å². The highest BCUT2D eigenvalue weighted by Gasteiger charge is 2.52. The fourth-order valence-electron chi connectivity index (χ4n) is 5.06. The number of hydrogen-bond donors (Lipinski definition) is 2. The normalized spacial score (nSPS) is 19.7. The Kier molecular flexibility index (Phi) is 11.0. The monoisotopic (exact) mass is 568 g/mol. The number of ketones is 1. The summed E-state index contributed by atoms with van der Waals surface area (Å²) >= 11 is 0. The number of nitrogens with one attached hydrogen (secondary N) is 1. The van der Waals surface area contributed by atoms with E-state index in [2.05, 4.69) is 16.8 Å². The Morgan fingerprint density at radius 1 is 1.22 bits per heavy atom. The van der Waals surface area contributed by atoms with Gasteiger partial charge in [-0.2, -0.15) is 0 Å². The Hall–Kier alpha value is -3.81. The molecule has 10 heteroatoms. The molecule has 0 bridgehead atoms. The van der Waals surface area contributed by atoms with Gasteiger partial charge in [-0.25, -0.2) is 9.59 Å². The van der Waals surface area contributed by atoms with Crippen LogP contribution in [0.4, 0.5) is 4.79 Å². The highest BCUT2D eigenvalue weighted by molar-refractivity contribution is 6.00. The van der Waals surface area contributed by atoms with E-state index in [0.717, 1.165) is 5.57 Å². The number of carboxylic acids is 1. The van der Waals surface area contributed by atoms with Crippen molar-refractivity contribution in [3.05, 3.63) is 58.0 Å². The fourth-order valence-corrected chi connectivity index (χ4v) is 5.06. The van der Waals surface area contributed by atoms with E-state index in [1.54, 1.807) is 12.1 Å². The molecule has 1 atom stereocenters. The molecule has 10 nitrogen and oxygen atoms in total. The third-order valence-electron chi connectivity index (χ3n) is 7.34. The molecule has 1 saturated carbocycles. The van der Waals surface area contributed by atoms with Gasteiger partial charge in [0.1, 0.15) is 22.6 Å². The summed E-state index contributed by atoms with van der Waals surface area (Å²) in [6.45, 7) is 10.1. The predicted molar refractivity (Wildman–Crippen MR) is 153 cm³/mol. The van der Waals surface area contributed by atoms with E-state index in [1.165, 1.54) is 18.9 Å². The first kappa shape index (κ1) is 31.7. The Bertz CT molecular complexity index is 1280. The van der Waals surface area contributed by atoms with Gasteiger partial charge in [-0.1, -0.05) is 17.5 Å². The van der Waals surface area contributed by atoms with Crippen molar-refractivity contribution in [1.82, 2.24) is 10.2 Å². The van der Waals surface area contributed by atoms with Crippen molar-refractivity contribution in [3.8, 4) is 11.5 Å². The van der Waals surface area contributed by atoms with Crippen LogP contribution in [0, 0.1) is 6.92 Å². The minimum Gasteiger partial charge on any atom is -0.493 e. The van der Waals surface area contributed by atoms with Gasteiger partial charge in [-0.15, -0.1) is 0 Å². The number of amides is 2. The predicted octanol–water partition coefficient (Wildman–Crippen LogP) is 4.52. The van der Waals surface area contributed by atoms with Gasteiger partial charge >= 0.3 is 12.0 Å². The van der Waals surface area contributed by atoms with Gasteiger partial charge in [0.15, 0.2) is 5.78 Å². The number of ether oxygens (including phenoxy) is 4. The number of urea groups is 1. The summed E-state index contributed by atoms with van der Waals surface area (Å²) in [6.07, 6.45) is 5.54. The first-order valence-corrected chi connectivity index (χ1v) is 13.8. The average molecular weight is 569 g/mol. The standard InChI is InChI=1S/C31H40N2O8/c1-7-40-26-16-25(20(3)28(41-8-2)27(26)22(5)34)21(4)33(14-15-39-19-23-12-10-9-11-13-23)30(37)32-31(29(35)36)17-24(18-31)38-6/h9-10,12,16,21,24H,7-8,14-15,17-19H2,1-6H3,(H,32,37)(H,35,36)/t21-,24?,31?/m1/s1. The third kappa shape index (κ3) is 7.29. The van der Waals surface area contributed by atoms with Gasteiger partial charge in [0.05, 0.1) is 38.6 Å².